The molecule has 2 aromatic carbocycles. The Labute approximate surface area is 195 Å². The van der Waals surface area contributed by atoms with E-state index in [1.165, 1.54) is 4.90 Å². The van der Waals surface area contributed by atoms with Gasteiger partial charge in [0.25, 0.3) is 5.91 Å². The van der Waals surface area contributed by atoms with Crippen LogP contribution >= 0.6 is 0 Å². The summed E-state index contributed by atoms with van der Waals surface area (Å²) in [4.78, 5) is 32.5. The van der Waals surface area contributed by atoms with Gasteiger partial charge in [0.1, 0.15) is 17.0 Å². The smallest absolute Gasteiger partial charge is 0.327 e. The number of ether oxygens (including phenoxy) is 1. The Balaban J connectivity index is 1.54. The lowest BCUT2D eigenvalue weighted by Crippen LogP contribution is -2.57. The number of anilines is 1. The van der Waals surface area contributed by atoms with Crippen molar-refractivity contribution in [3.63, 3.8) is 0 Å². The van der Waals surface area contributed by atoms with Crippen LogP contribution in [0.4, 0.5) is 10.5 Å². The van der Waals surface area contributed by atoms with Crippen molar-refractivity contribution in [2.24, 2.45) is 5.92 Å². The van der Waals surface area contributed by atoms with Crippen LogP contribution in [0.25, 0.3) is 0 Å². The van der Waals surface area contributed by atoms with Gasteiger partial charge in [0.15, 0.2) is 0 Å². The van der Waals surface area contributed by atoms with Gasteiger partial charge < -0.3 is 19.6 Å². The number of hydrogen-bond donors (Lipinski definition) is 1. The SMILES string of the molecule is COc1ccc(CCN2C(=O)N(CC(C)C)C(=O)C23CCN(c2cccc(O)c2)CC3)cc1. The second-order valence-corrected chi connectivity index (χ2v) is 9.38. The van der Waals surface area contributed by atoms with Crippen LogP contribution < -0.4 is 9.64 Å². The molecule has 2 heterocycles. The Hall–Kier alpha value is -3.22. The van der Waals surface area contributed by atoms with Crippen LogP contribution in [0.15, 0.2) is 48.5 Å². The highest BCUT2D eigenvalue weighted by Crippen LogP contribution is 2.39. The fraction of sp³-hybridized carbons (Fsp3) is 0.462. The minimum absolute atomic E-state index is 0.0634. The molecule has 0 bridgehead atoms. The van der Waals surface area contributed by atoms with Gasteiger partial charge in [-0.1, -0.05) is 32.0 Å². The molecule has 0 aliphatic carbocycles. The molecule has 0 atom stereocenters. The summed E-state index contributed by atoms with van der Waals surface area (Å²) >= 11 is 0. The molecule has 2 saturated heterocycles. The number of hydrogen-bond acceptors (Lipinski definition) is 5. The third-order valence-corrected chi connectivity index (χ3v) is 6.74. The van der Waals surface area contributed by atoms with Crippen molar-refractivity contribution in [2.75, 3.05) is 38.2 Å². The molecule has 7 heteroatoms. The van der Waals surface area contributed by atoms with Gasteiger partial charge in [0.2, 0.25) is 0 Å². The molecule has 1 N–H and O–H groups in total. The molecule has 176 valence electrons. The normalized spacial score (nSPS) is 18.0. The number of methoxy groups -OCH3 is 1. The number of rotatable bonds is 7. The van der Waals surface area contributed by atoms with E-state index < -0.39 is 5.54 Å². The summed E-state index contributed by atoms with van der Waals surface area (Å²) in [5.41, 5.74) is 1.24. The summed E-state index contributed by atoms with van der Waals surface area (Å²) in [6.07, 6.45) is 1.82. The number of phenolic OH excluding ortho intramolecular Hbond substituents is 1. The minimum Gasteiger partial charge on any atom is -0.508 e. The summed E-state index contributed by atoms with van der Waals surface area (Å²) in [6.45, 7) is 6.29. The van der Waals surface area contributed by atoms with E-state index in [9.17, 15) is 14.7 Å². The summed E-state index contributed by atoms with van der Waals surface area (Å²) in [6, 6.07) is 14.9. The van der Waals surface area contributed by atoms with Gasteiger partial charge in [-0.25, -0.2) is 4.79 Å². The molecule has 0 radical (unpaired) electrons. The Kier molecular flexibility index (Phi) is 6.49. The highest BCUT2D eigenvalue weighted by Gasteiger charge is 2.57. The van der Waals surface area contributed by atoms with Crippen molar-refractivity contribution in [3.05, 3.63) is 54.1 Å². The summed E-state index contributed by atoms with van der Waals surface area (Å²) in [5, 5.41) is 9.85. The number of nitrogens with zero attached hydrogens (tertiary/aromatic N) is 3. The van der Waals surface area contributed by atoms with E-state index in [1.54, 1.807) is 19.2 Å². The highest BCUT2D eigenvalue weighted by atomic mass is 16.5. The lowest BCUT2D eigenvalue weighted by Gasteiger charge is -2.43. The minimum atomic E-state index is -0.800. The Morgan fingerprint density at radius 2 is 1.76 bits per heavy atom. The summed E-state index contributed by atoms with van der Waals surface area (Å²) < 4.78 is 5.24. The molecule has 33 heavy (non-hydrogen) atoms. The fourth-order valence-corrected chi connectivity index (χ4v) is 4.96. The molecule has 0 saturated carbocycles. The second-order valence-electron chi connectivity index (χ2n) is 9.38. The first-order chi connectivity index (χ1) is 15.8. The van der Waals surface area contributed by atoms with Crippen LogP contribution in [0.1, 0.15) is 32.3 Å². The van der Waals surface area contributed by atoms with Gasteiger partial charge in [0, 0.05) is 37.9 Å². The Morgan fingerprint density at radius 1 is 1.06 bits per heavy atom. The van der Waals surface area contributed by atoms with E-state index in [4.69, 9.17) is 4.74 Å². The summed E-state index contributed by atoms with van der Waals surface area (Å²) in [7, 11) is 1.64. The van der Waals surface area contributed by atoms with E-state index in [2.05, 4.69) is 4.90 Å². The van der Waals surface area contributed by atoms with Crippen molar-refractivity contribution >= 4 is 17.6 Å². The van der Waals surface area contributed by atoms with Gasteiger partial charge in [0.05, 0.1) is 7.11 Å². The lowest BCUT2D eigenvalue weighted by atomic mass is 9.85. The van der Waals surface area contributed by atoms with Crippen LogP contribution in [0.3, 0.4) is 0 Å². The molecular weight excluding hydrogens is 418 g/mol. The zero-order valence-corrected chi connectivity index (χ0v) is 19.7. The number of imide groups is 1. The van der Waals surface area contributed by atoms with Crippen LogP contribution in [0.5, 0.6) is 11.5 Å². The van der Waals surface area contributed by atoms with E-state index in [1.807, 2.05) is 55.1 Å². The van der Waals surface area contributed by atoms with Gasteiger partial charge in [-0.2, -0.15) is 0 Å². The van der Waals surface area contributed by atoms with Crippen molar-refractivity contribution in [1.29, 1.82) is 0 Å². The number of urea groups is 1. The number of aromatic hydroxyl groups is 1. The van der Waals surface area contributed by atoms with Gasteiger partial charge in [-0.05, 0) is 55.0 Å². The quantitative estimate of drug-likeness (QED) is 0.647. The average Bonchev–Trinajstić information content (AvgIpc) is 2.99. The maximum absolute atomic E-state index is 13.6. The van der Waals surface area contributed by atoms with Gasteiger partial charge in [-0.3, -0.25) is 9.69 Å². The summed E-state index contributed by atoms with van der Waals surface area (Å²) in [5.74, 6) is 1.17. The van der Waals surface area contributed by atoms with E-state index in [0.29, 0.717) is 45.4 Å². The first kappa shape index (κ1) is 23.0. The third kappa shape index (κ3) is 4.49. The average molecular weight is 452 g/mol. The van der Waals surface area contributed by atoms with Gasteiger partial charge >= 0.3 is 6.03 Å². The van der Waals surface area contributed by atoms with Crippen molar-refractivity contribution < 1.29 is 19.4 Å². The highest BCUT2D eigenvalue weighted by molar-refractivity contribution is 6.07. The predicted molar refractivity (Wildman–Crippen MR) is 128 cm³/mol. The molecule has 7 nitrogen and oxygen atoms in total. The molecule has 4 rings (SSSR count). The molecule has 2 fully saturated rings. The Morgan fingerprint density at radius 3 is 2.36 bits per heavy atom. The largest absolute Gasteiger partial charge is 0.508 e. The zero-order valence-electron chi connectivity index (χ0n) is 19.7. The Bertz CT molecular complexity index is 997. The van der Waals surface area contributed by atoms with Crippen LogP contribution in [-0.2, 0) is 11.2 Å². The zero-order chi connectivity index (χ0) is 23.6. The molecule has 2 aliphatic heterocycles. The number of carbonyl (C=O) groups is 2. The fourth-order valence-electron chi connectivity index (χ4n) is 4.96. The number of benzene rings is 2. The maximum atomic E-state index is 13.6. The monoisotopic (exact) mass is 451 g/mol. The molecule has 2 aliphatic rings. The molecule has 0 aromatic heterocycles. The van der Waals surface area contributed by atoms with Gasteiger partial charge in [-0.15, -0.1) is 0 Å². The molecule has 3 amide bonds. The third-order valence-electron chi connectivity index (χ3n) is 6.74. The first-order valence-electron chi connectivity index (χ1n) is 11.6. The number of phenols is 1. The molecule has 0 unspecified atom stereocenters. The van der Waals surface area contributed by atoms with Crippen LogP contribution in [0.2, 0.25) is 0 Å². The first-order valence-corrected chi connectivity index (χ1v) is 11.6. The van der Waals surface area contributed by atoms with E-state index >= 15 is 0 Å². The topological polar surface area (TPSA) is 73.3 Å². The number of piperidine rings is 1. The number of carbonyl (C=O) groups excluding carboxylic acids is 2. The van der Waals surface area contributed by atoms with Crippen molar-refractivity contribution in [1.82, 2.24) is 9.80 Å². The van der Waals surface area contributed by atoms with Crippen LogP contribution in [-0.4, -0.2) is 65.7 Å². The van der Waals surface area contributed by atoms with E-state index in [-0.39, 0.29) is 23.6 Å². The van der Waals surface area contributed by atoms with Crippen molar-refractivity contribution in [2.45, 2.75) is 38.6 Å². The van der Waals surface area contributed by atoms with Crippen molar-refractivity contribution in [3.8, 4) is 11.5 Å². The molecule has 2 aromatic rings. The molecule has 1 spiro atoms. The predicted octanol–water partition coefficient (Wildman–Crippen LogP) is 3.90. The number of amides is 3. The second kappa shape index (κ2) is 9.33. The standard InChI is InChI=1S/C26H33N3O4/c1-19(2)18-28-24(31)26(12-15-27(16-13-26)21-5-4-6-22(30)17-21)29(25(28)32)14-11-20-7-9-23(33-3)10-8-20/h4-10,17,19,30H,11-16,18H2,1-3H3. The van der Waals surface area contributed by atoms with Crippen LogP contribution in [0, 0.1) is 5.92 Å². The lowest BCUT2D eigenvalue weighted by molar-refractivity contribution is -0.134. The maximum Gasteiger partial charge on any atom is 0.327 e. The molecular formula is C26H33N3O4. The van der Waals surface area contributed by atoms with E-state index in [0.717, 1.165) is 17.0 Å².